The molecule has 0 amide bonds. The fourth-order valence-electron chi connectivity index (χ4n) is 2.19. The van der Waals surface area contributed by atoms with E-state index in [-0.39, 0.29) is 0 Å². The van der Waals surface area contributed by atoms with Gasteiger partial charge in [-0.05, 0) is 24.3 Å². The van der Waals surface area contributed by atoms with E-state index in [2.05, 4.69) is 5.43 Å². The average molecular weight is 253 g/mol. The van der Waals surface area contributed by atoms with Crippen LogP contribution >= 0.6 is 11.3 Å². The summed E-state index contributed by atoms with van der Waals surface area (Å²) in [6.45, 7) is 0. The molecule has 1 heterocycles. The van der Waals surface area contributed by atoms with Crippen molar-refractivity contribution in [1.29, 1.82) is 0 Å². The van der Waals surface area contributed by atoms with Gasteiger partial charge in [0.2, 0.25) is 0 Å². The molecule has 0 atom stereocenters. The van der Waals surface area contributed by atoms with Crippen LogP contribution < -0.4 is 16.0 Å². The highest BCUT2D eigenvalue weighted by Crippen LogP contribution is 2.26. The molecule has 0 saturated heterocycles. The molecular weight excluding hydrogens is 234 g/mol. The minimum atomic E-state index is 0.404. The van der Waals surface area contributed by atoms with Crippen LogP contribution in [-0.4, -0.2) is 19.0 Å². The van der Waals surface area contributed by atoms with Gasteiger partial charge in [0.25, 0.3) is 0 Å². The van der Waals surface area contributed by atoms with E-state index in [4.69, 9.17) is 15.6 Å². The highest BCUT2D eigenvalue weighted by molar-refractivity contribution is 7.12. The Hall–Kier alpha value is -1.07. The number of hydrogen-bond acceptors (Lipinski definition) is 4. The Morgan fingerprint density at radius 3 is 2.88 bits per heavy atom. The lowest BCUT2D eigenvalue weighted by Crippen LogP contribution is -2.32. The molecule has 5 heteroatoms. The van der Waals surface area contributed by atoms with E-state index >= 15 is 0 Å². The molecular formula is C12H19N3OS. The van der Waals surface area contributed by atoms with Crippen molar-refractivity contribution < 1.29 is 4.74 Å². The predicted molar refractivity (Wildman–Crippen MR) is 71.6 cm³/mol. The zero-order valence-electron chi connectivity index (χ0n) is 10.1. The first-order chi connectivity index (χ1) is 8.35. The fourth-order valence-corrected chi connectivity index (χ4v) is 3.00. The smallest absolute Gasteiger partial charge is 0.156 e. The molecule has 0 radical (unpaired) electrons. The summed E-state index contributed by atoms with van der Waals surface area (Å²) >= 11 is 1.60. The molecule has 1 saturated carbocycles. The van der Waals surface area contributed by atoms with Crippen molar-refractivity contribution >= 4 is 17.2 Å². The summed E-state index contributed by atoms with van der Waals surface area (Å²) < 4.78 is 5.29. The summed E-state index contributed by atoms with van der Waals surface area (Å²) in [5, 5.41) is 1.99. The van der Waals surface area contributed by atoms with Gasteiger partial charge < -0.3 is 10.2 Å². The van der Waals surface area contributed by atoms with E-state index in [0.29, 0.717) is 6.04 Å². The number of nitrogens with two attached hydrogens (primary N) is 1. The van der Waals surface area contributed by atoms with E-state index in [1.807, 2.05) is 11.4 Å². The van der Waals surface area contributed by atoms with Crippen LogP contribution in [-0.2, 0) is 0 Å². The van der Waals surface area contributed by atoms with Crippen LogP contribution in [0.5, 0.6) is 5.75 Å². The van der Waals surface area contributed by atoms with Gasteiger partial charge in [-0.3, -0.25) is 4.99 Å². The maximum Gasteiger partial charge on any atom is 0.156 e. The fraction of sp³-hybridized carbons (Fsp3) is 0.583. The first kappa shape index (κ1) is 12.4. The molecule has 0 aliphatic heterocycles. The second-order valence-electron chi connectivity index (χ2n) is 4.23. The lowest BCUT2D eigenvalue weighted by molar-refractivity contribution is 0.415. The van der Waals surface area contributed by atoms with Crippen molar-refractivity contribution in [1.82, 2.24) is 5.43 Å². The number of nitrogens with zero attached hydrogens (tertiary/aromatic N) is 1. The minimum Gasteiger partial charge on any atom is -0.495 e. The van der Waals surface area contributed by atoms with Crippen molar-refractivity contribution in [2.24, 2.45) is 10.8 Å². The van der Waals surface area contributed by atoms with Crippen molar-refractivity contribution in [3.8, 4) is 5.75 Å². The Balaban J connectivity index is 2.17. The van der Waals surface area contributed by atoms with Crippen LogP contribution in [0.25, 0.3) is 0 Å². The van der Waals surface area contributed by atoms with Crippen LogP contribution in [0.1, 0.15) is 37.0 Å². The number of hydrogen-bond donors (Lipinski definition) is 2. The van der Waals surface area contributed by atoms with Gasteiger partial charge >= 0.3 is 0 Å². The molecule has 94 valence electrons. The maximum atomic E-state index is 5.58. The number of hydrazine groups is 1. The minimum absolute atomic E-state index is 0.404. The van der Waals surface area contributed by atoms with Crippen molar-refractivity contribution in [2.45, 2.75) is 38.1 Å². The number of thiophene rings is 1. The topological polar surface area (TPSA) is 59.6 Å². The number of amidine groups is 1. The van der Waals surface area contributed by atoms with Gasteiger partial charge in [0, 0.05) is 0 Å². The van der Waals surface area contributed by atoms with Crippen molar-refractivity contribution in [2.75, 3.05) is 7.11 Å². The van der Waals surface area contributed by atoms with Gasteiger partial charge in [0.1, 0.15) is 10.6 Å². The van der Waals surface area contributed by atoms with E-state index in [1.165, 1.54) is 32.1 Å². The molecule has 2 rings (SSSR count). The van der Waals surface area contributed by atoms with E-state index in [9.17, 15) is 0 Å². The van der Waals surface area contributed by atoms with E-state index < -0.39 is 0 Å². The lowest BCUT2D eigenvalue weighted by Gasteiger charge is -2.19. The molecule has 17 heavy (non-hydrogen) atoms. The van der Waals surface area contributed by atoms with Crippen LogP contribution in [0.2, 0.25) is 0 Å². The molecule has 0 aromatic carbocycles. The second kappa shape index (κ2) is 6.02. The van der Waals surface area contributed by atoms with Gasteiger partial charge in [-0.1, -0.05) is 19.3 Å². The molecule has 1 aromatic heterocycles. The molecule has 0 bridgehead atoms. The normalized spacial score (nSPS) is 18.1. The first-order valence-corrected chi connectivity index (χ1v) is 6.89. The zero-order chi connectivity index (χ0) is 12.1. The van der Waals surface area contributed by atoms with Gasteiger partial charge in [-0.25, -0.2) is 5.84 Å². The average Bonchev–Trinajstić information content (AvgIpc) is 2.85. The van der Waals surface area contributed by atoms with E-state index in [0.717, 1.165) is 16.5 Å². The molecule has 0 unspecified atom stereocenters. The van der Waals surface area contributed by atoms with Crippen LogP contribution in [0.15, 0.2) is 16.4 Å². The number of ether oxygens (including phenoxy) is 1. The Kier molecular flexibility index (Phi) is 4.39. The number of nitrogens with one attached hydrogen (secondary N) is 1. The quantitative estimate of drug-likeness (QED) is 0.376. The molecule has 1 aromatic rings. The summed E-state index contributed by atoms with van der Waals surface area (Å²) in [7, 11) is 1.67. The monoisotopic (exact) mass is 253 g/mol. The number of rotatable bonds is 3. The van der Waals surface area contributed by atoms with Gasteiger partial charge in [0.05, 0.1) is 13.2 Å². The zero-order valence-corrected chi connectivity index (χ0v) is 10.9. The SMILES string of the molecule is COc1ccsc1C(=NC1CCCCC1)NN. The summed E-state index contributed by atoms with van der Waals surface area (Å²) in [6.07, 6.45) is 6.21. The Bertz CT molecular complexity index is 383. The maximum absolute atomic E-state index is 5.58. The molecule has 0 spiro atoms. The molecule has 3 N–H and O–H groups in total. The third-order valence-electron chi connectivity index (χ3n) is 3.09. The summed E-state index contributed by atoms with van der Waals surface area (Å²) in [4.78, 5) is 5.70. The highest BCUT2D eigenvalue weighted by Gasteiger charge is 2.16. The van der Waals surface area contributed by atoms with E-state index in [1.54, 1.807) is 18.4 Å². The summed E-state index contributed by atoms with van der Waals surface area (Å²) in [5.41, 5.74) is 2.71. The summed E-state index contributed by atoms with van der Waals surface area (Å²) in [5.74, 6) is 7.16. The second-order valence-corrected chi connectivity index (χ2v) is 5.15. The first-order valence-electron chi connectivity index (χ1n) is 6.01. The van der Waals surface area contributed by atoms with Crippen LogP contribution in [0.3, 0.4) is 0 Å². The third kappa shape index (κ3) is 2.98. The predicted octanol–water partition coefficient (Wildman–Crippen LogP) is 2.30. The molecule has 1 aliphatic rings. The van der Waals surface area contributed by atoms with Crippen molar-refractivity contribution in [3.63, 3.8) is 0 Å². The molecule has 1 aliphatic carbocycles. The van der Waals surface area contributed by atoms with Crippen molar-refractivity contribution in [3.05, 3.63) is 16.3 Å². The number of aliphatic imine (C=N–C) groups is 1. The van der Waals surface area contributed by atoms with Gasteiger partial charge in [-0.2, -0.15) is 0 Å². The number of methoxy groups -OCH3 is 1. The van der Waals surface area contributed by atoms with Crippen LogP contribution in [0, 0.1) is 0 Å². The van der Waals surface area contributed by atoms with Crippen LogP contribution in [0.4, 0.5) is 0 Å². The standard InChI is InChI=1S/C12H19N3OS/c1-16-10-7-8-17-11(10)12(15-13)14-9-5-3-2-4-6-9/h7-9H,2-6,13H2,1H3,(H,14,15). The molecule has 1 fully saturated rings. The van der Waals surface area contributed by atoms with Gasteiger partial charge in [-0.15, -0.1) is 11.3 Å². The Labute approximate surface area is 106 Å². The van der Waals surface area contributed by atoms with Gasteiger partial charge in [0.15, 0.2) is 5.84 Å². The Morgan fingerprint density at radius 2 is 2.24 bits per heavy atom. The third-order valence-corrected chi connectivity index (χ3v) is 3.99. The molecule has 4 nitrogen and oxygen atoms in total. The Morgan fingerprint density at radius 1 is 1.47 bits per heavy atom. The summed E-state index contributed by atoms with van der Waals surface area (Å²) in [6, 6.07) is 2.34. The largest absolute Gasteiger partial charge is 0.495 e. The highest BCUT2D eigenvalue weighted by atomic mass is 32.1. The lowest BCUT2D eigenvalue weighted by atomic mass is 9.96.